The van der Waals surface area contributed by atoms with Crippen molar-refractivity contribution in [3.05, 3.63) is 24.3 Å². The number of thioether (sulfide) groups is 1. The van der Waals surface area contributed by atoms with Crippen LogP contribution in [0, 0.1) is 0 Å². The van der Waals surface area contributed by atoms with Crippen LogP contribution >= 0.6 is 11.8 Å². The zero-order valence-corrected chi connectivity index (χ0v) is 10.4. The number of benzene rings is 1. The average Bonchev–Trinajstić information content (AvgIpc) is 2.79. The lowest BCUT2D eigenvalue weighted by molar-refractivity contribution is 0.341. The first-order valence-corrected chi connectivity index (χ1v) is 6.98. The number of phenols is 1. The van der Waals surface area contributed by atoms with Gasteiger partial charge in [-0.3, -0.25) is 0 Å². The molecule has 1 saturated heterocycles. The Morgan fingerprint density at radius 1 is 1.19 bits per heavy atom. The van der Waals surface area contributed by atoms with Gasteiger partial charge in [-0.1, -0.05) is 12.1 Å². The standard InChI is InChI=1S/C13H19NOS/c15-12-6-1-2-7-13(12)16-11-5-10-14-8-3-4-9-14/h1-2,6-7,15H,3-5,8-11H2. The summed E-state index contributed by atoms with van der Waals surface area (Å²) in [7, 11) is 0. The molecule has 1 aromatic carbocycles. The van der Waals surface area contributed by atoms with Crippen molar-refractivity contribution in [2.45, 2.75) is 24.2 Å². The van der Waals surface area contributed by atoms with E-state index < -0.39 is 0 Å². The fourth-order valence-corrected chi connectivity index (χ4v) is 2.94. The number of aromatic hydroxyl groups is 1. The van der Waals surface area contributed by atoms with Crippen LogP contribution in [0.4, 0.5) is 0 Å². The lowest BCUT2D eigenvalue weighted by Gasteiger charge is -2.13. The van der Waals surface area contributed by atoms with Gasteiger partial charge in [0.2, 0.25) is 0 Å². The second-order valence-corrected chi connectivity index (χ2v) is 5.36. The van der Waals surface area contributed by atoms with Crippen molar-refractivity contribution in [2.24, 2.45) is 0 Å². The summed E-state index contributed by atoms with van der Waals surface area (Å²) >= 11 is 1.75. The average molecular weight is 237 g/mol. The van der Waals surface area contributed by atoms with Gasteiger partial charge in [0, 0.05) is 4.90 Å². The Hall–Kier alpha value is -0.670. The lowest BCUT2D eigenvalue weighted by Crippen LogP contribution is -2.20. The van der Waals surface area contributed by atoms with Crippen LogP contribution in [0.2, 0.25) is 0 Å². The largest absolute Gasteiger partial charge is 0.507 e. The van der Waals surface area contributed by atoms with E-state index in [1.807, 2.05) is 18.2 Å². The van der Waals surface area contributed by atoms with Crippen molar-refractivity contribution >= 4 is 11.8 Å². The van der Waals surface area contributed by atoms with Crippen LogP contribution in [0.3, 0.4) is 0 Å². The molecule has 88 valence electrons. The highest BCUT2D eigenvalue weighted by molar-refractivity contribution is 7.99. The molecular weight excluding hydrogens is 218 g/mol. The number of phenolic OH excluding ortho intramolecular Hbond substituents is 1. The summed E-state index contributed by atoms with van der Waals surface area (Å²) in [5.41, 5.74) is 0. The molecule has 0 amide bonds. The Balaban J connectivity index is 1.66. The van der Waals surface area contributed by atoms with Crippen LogP contribution in [0.15, 0.2) is 29.2 Å². The van der Waals surface area contributed by atoms with E-state index in [4.69, 9.17) is 0 Å². The minimum absolute atomic E-state index is 0.411. The highest BCUT2D eigenvalue weighted by Gasteiger charge is 2.10. The van der Waals surface area contributed by atoms with Crippen molar-refractivity contribution in [3.8, 4) is 5.75 Å². The zero-order chi connectivity index (χ0) is 11.2. The van der Waals surface area contributed by atoms with E-state index in [2.05, 4.69) is 4.90 Å². The minimum Gasteiger partial charge on any atom is -0.507 e. The Bertz CT molecular complexity index is 323. The van der Waals surface area contributed by atoms with E-state index in [0.29, 0.717) is 5.75 Å². The van der Waals surface area contributed by atoms with Gasteiger partial charge in [-0.25, -0.2) is 0 Å². The molecule has 3 heteroatoms. The van der Waals surface area contributed by atoms with Gasteiger partial charge in [0.1, 0.15) is 5.75 Å². The summed E-state index contributed by atoms with van der Waals surface area (Å²) in [6, 6.07) is 7.57. The van der Waals surface area contributed by atoms with Gasteiger partial charge in [0.05, 0.1) is 0 Å². The molecule has 0 bridgehead atoms. The molecular formula is C13H19NOS. The number of para-hydroxylation sites is 1. The predicted octanol–water partition coefficient (Wildman–Crippen LogP) is 2.97. The topological polar surface area (TPSA) is 23.5 Å². The van der Waals surface area contributed by atoms with Crippen molar-refractivity contribution in [1.29, 1.82) is 0 Å². The highest BCUT2D eigenvalue weighted by atomic mass is 32.2. The monoisotopic (exact) mass is 237 g/mol. The maximum atomic E-state index is 9.59. The van der Waals surface area contributed by atoms with Gasteiger partial charge in [-0.15, -0.1) is 11.8 Å². The van der Waals surface area contributed by atoms with Crippen molar-refractivity contribution in [3.63, 3.8) is 0 Å². The third kappa shape index (κ3) is 3.42. The first-order valence-electron chi connectivity index (χ1n) is 5.99. The number of nitrogens with zero attached hydrogens (tertiary/aromatic N) is 1. The van der Waals surface area contributed by atoms with Gasteiger partial charge in [-0.2, -0.15) is 0 Å². The van der Waals surface area contributed by atoms with Crippen LogP contribution in [-0.4, -0.2) is 35.4 Å². The van der Waals surface area contributed by atoms with Gasteiger partial charge in [0.15, 0.2) is 0 Å². The Labute approximate surface area is 102 Å². The van der Waals surface area contributed by atoms with Crippen LogP contribution in [0.25, 0.3) is 0 Å². The quantitative estimate of drug-likeness (QED) is 0.629. The van der Waals surface area contributed by atoms with E-state index in [1.165, 1.54) is 38.9 Å². The van der Waals surface area contributed by atoms with Crippen LogP contribution in [-0.2, 0) is 0 Å². The van der Waals surface area contributed by atoms with Crippen molar-refractivity contribution < 1.29 is 5.11 Å². The molecule has 0 aliphatic carbocycles. The van der Waals surface area contributed by atoms with E-state index in [1.54, 1.807) is 17.8 Å². The smallest absolute Gasteiger partial charge is 0.129 e. The molecule has 0 atom stereocenters. The molecule has 16 heavy (non-hydrogen) atoms. The van der Waals surface area contributed by atoms with E-state index in [-0.39, 0.29) is 0 Å². The second kappa shape index (κ2) is 6.16. The van der Waals surface area contributed by atoms with Gasteiger partial charge < -0.3 is 10.0 Å². The number of likely N-dealkylation sites (tertiary alicyclic amines) is 1. The zero-order valence-electron chi connectivity index (χ0n) is 9.56. The third-order valence-electron chi connectivity index (χ3n) is 2.94. The molecule has 0 saturated carbocycles. The Morgan fingerprint density at radius 3 is 2.69 bits per heavy atom. The van der Waals surface area contributed by atoms with Gasteiger partial charge in [0.25, 0.3) is 0 Å². The Kier molecular flexibility index (Phi) is 4.55. The van der Waals surface area contributed by atoms with E-state index in [0.717, 1.165) is 10.6 Å². The molecule has 1 aliphatic rings. The van der Waals surface area contributed by atoms with Crippen LogP contribution in [0.5, 0.6) is 5.75 Å². The first-order chi connectivity index (χ1) is 7.86. The van der Waals surface area contributed by atoms with Gasteiger partial charge in [-0.05, 0) is 56.8 Å². The maximum absolute atomic E-state index is 9.59. The predicted molar refractivity (Wildman–Crippen MR) is 69.1 cm³/mol. The molecule has 2 nitrogen and oxygen atoms in total. The van der Waals surface area contributed by atoms with Crippen molar-refractivity contribution in [2.75, 3.05) is 25.4 Å². The number of hydrogen-bond donors (Lipinski definition) is 1. The summed E-state index contributed by atoms with van der Waals surface area (Å²) in [6.07, 6.45) is 3.94. The normalized spacial score (nSPS) is 16.8. The maximum Gasteiger partial charge on any atom is 0.129 e. The summed E-state index contributed by atoms with van der Waals surface area (Å²) in [5.74, 6) is 1.50. The molecule has 0 aromatic heterocycles. The molecule has 1 aliphatic heterocycles. The molecule has 0 unspecified atom stereocenters. The SMILES string of the molecule is Oc1ccccc1SCCCN1CCCC1. The Morgan fingerprint density at radius 2 is 1.94 bits per heavy atom. The highest BCUT2D eigenvalue weighted by Crippen LogP contribution is 2.28. The summed E-state index contributed by atoms with van der Waals surface area (Å²) in [6.45, 7) is 3.77. The lowest BCUT2D eigenvalue weighted by atomic mass is 10.3. The van der Waals surface area contributed by atoms with Crippen LogP contribution in [0.1, 0.15) is 19.3 Å². The minimum atomic E-state index is 0.411. The summed E-state index contributed by atoms with van der Waals surface area (Å²) in [5, 5.41) is 9.59. The van der Waals surface area contributed by atoms with Crippen LogP contribution < -0.4 is 0 Å². The van der Waals surface area contributed by atoms with Gasteiger partial charge >= 0.3 is 0 Å². The first kappa shape index (κ1) is 11.8. The molecule has 1 heterocycles. The van der Waals surface area contributed by atoms with E-state index >= 15 is 0 Å². The molecule has 2 rings (SSSR count). The molecule has 0 spiro atoms. The summed E-state index contributed by atoms with van der Waals surface area (Å²) in [4.78, 5) is 3.54. The number of hydrogen-bond acceptors (Lipinski definition) is 3. The molecule has 1 aromatic rings. The fraction of sp³-hybridized carbons (Fsp3) is 0.538. The van der Waals surface area contributed by atoms with E-state index in [9.17, 15) is 5.11 Å². The molecule has 1 fully saturated rings. The fourth-order valence-electron chi connectivity index (χ4n) is 2.06. The van der Waals surface area contributed by atoms with Crippen molar-refractivity contribution in [1.82, 2.24) is 4.90 Å². The molecule has 1 N–H and O–H groups in total. The third-order valence-corrected chi connectivity index (χ3v) is 4.09. The molecule has 0 radical (unpaired) electrons. The number of rotatable bonds is 5. The second-order valence-electron chi connectivity index (χ2n) is 4.22. The summed E-state index contributed by atoms with van der Waals surface area (Å²) < 4.78 is 0.